The second-order valence-electron chi connectivity index (χ2n) is 8.91. The highest BCUT2D eigenvalue weighted by molar-refractivity contribution is 7.18. The molecular formula is C31H19N3S. The molecule has 0 radical (unpaired) electrons. The molecule has 0 saturated carbocycles. The van der Waals surface area contributed by atoms with Crippen molar-refractivity contribution in [3.63, 3.8) is 0 Å². The molecule has 0 spiro atoms. The van der Waals surface area contributed by atoms with Crippen molar-refractivity contribution >= 4 is 60.3 Å². The zero-order chi connectivity index (χ0) is 22.9. The van der Waals surface area contributed by atoms with Gasteiger partial charge in [0.1, 0.15) is 5.00 Å². The Bertz CT molecular complexity index is 2020. The molecule has 8 aromatic rings. The summed E-state index contributed by atoms with van der Waals surface area (Å²) in [6.45, 7) is 0. The summed E-state index contributed by atoms with van der Waals surface area (Å²) in [7, 11) is 0. The summed E-state index contributed by atoms with van der Waals surface area (Å²) in [5.41, 5.74) is 5.99. The Balaban J connectivity index is 1.36. The number of pyridine rings is 1. The third-order valence-corrected chi connectivity index (χ3v) is 8.16. The van der Waals surface area contributed by atoms with Crippen LogP contribution in [0.1, 0.15) is 0 Å². The topological polar surface area (TPSA) is 22.2 Å². The number of thiophene rings is 1. The van der Waals surface area contributed by atoms with Crippen LogP contribution in [0, 0.1) is 0 Å². The molecule has 35 heavy (non-hydrogen) atoms. The van der Waals surface area contributed by atoms with Crippen LogP contribution in [0.2, 0.25) is 0 Å². The van der Waals surface area contributed by atoms with E-state index in [1.165, 1.54) is 53.4 Å². The molecule has 0 fully saturated rings. The van der Waals surface area contributed by atoms with E-state index >= 15 is 0 Å². The molecule has 0 amide bonds. The van der Waals surface area contributed by atoms with Crippen molar-refractivity contribution in [2.75, 3.05) is 0 Å². The number of hydrogen-bond donors (Lipinski definition) is 0. The summed E-state index contributed by atoms with van der Waals surface area (Å²) in [5, 5.41) is 12.1. The number of benzene rings is 4. The van der Waals surface area contributed by atoms with Crippen molar-refractivity contribution in [2.45, 2.75) is 0 Å². The Kier molecular flexibility index (Phi) is 3.82. The summed E-state index contributed by atoms with van der Waals surface area (Å²) in [4.78, 5) is 1.26. The molecule has 0 aliphatic carbocycles. The number of aromatic nitrogens is 3. The van der Waals surface area contributed by atoms with E-state index in [2.05, 4.69) is 123 Å². The van der Waals surface area contributed by atoms with Gasteiger partial charge in [-0.05, 0) is 53.4 Å². The van der Waals surface area contributed by atoms with Crippen LogP contribution in [0.25, 0.3) is 64.4 Å². The Labute approximate surface area is 205 Å². The van der Waals surface area contributed by atoms with Crippen LogP contribution in [0.15, 0.2) is 115 Å². The number of nitrogens with zero attached hydrogens (tertiary/aromatic N) is 3. The first kappa shape index (κ1) is 19.0. The van der Waals surface area contributed by atoms with Crippen LogP contribution in [0.3, 0.4) is 0 Å². The van der Waals surface area contributed by atoms with Gasteiger partial charge in [0.2, 0.25) is 0 Å². The average molecular weight is 466 g/mol. The minimum absolute atomic E-state index is 1.13. The lowest BCUT2D eigenvalue weighted by Gasteiger charge is -2.09. The van der Waals surface area contributed by atoms with Gasteiger partial charge in [0.25, 0.3) is 0 Å². The molecule has 4 heterocycles. The van der Waals surface area contributed by atoms with Gasteiger partial charge in [0, 0.05) is 26.4 Å². The molecule has 0 saturated heterocycles. The van der Waals surface area contributed by atoms with Gasteiger partial charge in [0.15, 0.2) is 0 Å². The lowest BCUT2D eigenvalue weighted by molar-refractivity contribution is 1.01. The standard InChI is InChI=1S/C31H19N3S/c1-2-8-22-21(7-1)25-19-20(13-14-28(25)34-29(22)17-18-32-34)30-15-16-31(35-30)33-26-11-5-3-9-23(26)24-10-4-6-12-27(24)33/h1-19H. The van der Waals surface area contributed by atoms with Crippen molar-refractivity contribution in [1.29, 1.82) is 0 Å². The molecule has 3 nitrogen and oxygen atoms in total. The van der Waals surface area contributed by atoms with Gasteiger partial charge in [-0.2, -0.15) is 5.10 Å². The van der Waals surface area contributed by atoms with Gasteiger partial charge in [0.05, 0.1) is 28.3 Å². The molecule has 4 aromatic heterocycles. The fourth-order valence-electron chi connectivity index (χ4n) is 5.49. The van der Waals surface area contributed by atoms with Gasteiger partial charge in [-0.3, -0.25) is 0 Å². The first-order chi connectivity index (χ1) is 17.4. The zero-order valence-corrected chi connectivity index (χ0v) is 19.5. The van der Waals surface area contributed by atoms with Crippen molar-refractivity contribution in [3.05, 3.63) is 115 Å². The molecule has 0 unspecified atom stereocenters. The molecule has 0 aliphatic heterocycles. The SMILES string of the molecule is c1ccc2c(c1)c1cc(-c3ccc(-n4c5ccccc5c5ccccc54)s3)ccc1n1nccc21. The molecule has 0 atom stereocenters. The second-order valence-corrected chi connectivity index (χ2v) is 9.98. The molecule has 164 valence electrons. The Morgan fingerprint density at radius 2 is 1.14 bits per heavy atom. The molecule has 4 heteroatoms. The monoisotopic (exact) mass is 465 g/mol. The van der Waals surface area contributed by atoms with Gasteiger partial charge < -0.3 is 4.57 Å². The Hall–Kier alpha value is -4.41. The largest absolute Gasteiger partial charge is 0.301 e. The fraction of sp³-hybridized carbons (Fsp3) is 0. The summed E-state index contributed by atoms with van der Waals surface area (Å²) in [6.07, 6.45) is 1.88. The summed E-state index contributed by atoms with van der Waals surface area (Å²) < 4.78 is 4.45. The number of hydrogen-bond acceptors (Lipinski definition) is 2. The average Bonchev–Trinajstić information content (AvgIpc) is 3.66. The maximum Gasteiger partial charge on any atom is 0.101 e. The van der Waals surface area contributed by atoms with Crippen LogP contribution >= 0.6 is 11.3 Å². The fourth-order valence-corrected chi connectivity index (χ4v) is 6.52. The summed E-state index contributed by atoms with van der Waals surface area (Å²) in [5.74, 6) is 0. The van der Waals surface area contributed by atoms with E-state index in [0.29, 0.717) is 0 Å². The molecule has 0 N–H and O–H groups in total. The summed E-state index contributed by atoms with van der Waals surface area (Å²) in [6, 6.07) is 39.3. The van der Waals surface area contributed by atoms with Gasteiger partial charge in [-0.1, -0.05) is 66.7 Å². The maximum atomic E-state index is 4.61. The van der Waals surface area contributed by atoms with E-state index in [1.54, 1.807) is 0 Å². The second kappa shape index (κ2) is 7.05. The molecule has 0 bridgehead atoms. The van der Waals surface area contributed by atoms with Gasteiger partial charge in [-0.25, -0.2) is 4.52 Å². The first-order valence-electron chi connectivity index (χ1n) is 11.7. The first-order valence-corrected chi connectivity index (χ1v) is 12.6. The highest BCUT2D eigenvalue weighted by atomic mass is 32.1. The third-order valence-electron chi connectivity index (χ3n) is 7.04. The lowest BCUT2D eigenvalue weighted by atomic mass is 10.0. The van der Waals surface area contributed by atoms with Gasteiger partial charge in [-0.15, -0.1) is 11.3 Å². The number of para-hydroxylation sites is 2. The predicted octanol–water partition coefficient (Wildman–Crippen LogP) is 8.47. The van der Waals surface area contributed by atoms with Crippen molar-refractivity contribution in [3.8, 4) is 15.4 Å². The minimum atomic E-state index is 1.13. The maximum absolute atomic E-state index is 4.61. The molecular weight excluding hydrogens is 446 g/mol. The normalized spacial score (nSPS) is 12.0. The van der Waals surface area contributed by atoms with E-state index in [4.69, 9.17) is 0 Å². The summed E-state index contributed by atoms with van der Waals surface area (Å²) >= 11 is 1.83. The quantitative estimate of drug-likeness (QED) is 0.235. The van der Waals surface area contributed by atoms with Crippen LogP contribution in [-0.4, -0.2) is 14.2 Å². The highest BCUT2D eigenvalue weighted by Gasteiger charge is 2.15. The smallest absolute Gasteiger partial charge is 0.101 e. The van der Waals surface area contributed by atoms with E-state index < -0.39 is 0 Å². The van der Waals surface area contributed by atoms with Crippen LogP contribution < -0.4 is 0 Å². The molecule has 0 aliphatic rings. The van der Waals surface area contributed by atoms with Crippen molar-refractivity contribution in [1.82, 2.24) is 14.2 Å². The zero-order valence-electron chi connectivity index (χ0n) is 18.7. The van der Waals surface area contributed by atoms with Crippen LogP contribution in [-0.2, 0) is 0 Å². The minimum Gasteiger partial charge on any atom is -0.301 e. The van der Waals surface area contributed by atoms with E-state index in [9.17, 15) is 0 Å². The molecule has 8 rings (SSSR count). The lowest BCUT2D eigenvalue weighted by Crippen LogP contribution is -1.92. The van der Waals surface area contributed by atoms with Crippen LogP contribution in [0.4, 0.5) is 0 Å². The van der Waals surface area contributed by atoms with E-state index in [0.717, 1.165) is 11.0 Å². The predicted molar refractivity (Wildman–Crippen MR) is 148 cm³/mol. The van der Waals surface area contributed by atoms with E-state index in [-0.39, 0.29) is 0 Å². The number of rotatable bonds is 2. The van der Waals surface area contributed by atoms with Crippen LogP contribution in [0.5, 0.6) is 0 Å². The van der Waals surface area contributed by atoms with Crippen molar-refractivity contribution < 1.29 is 0 Å². The third kappa shape index (κ3) is 2.63. The molecule has 4 aromatic carbocycles. The Morgan fingerprint density at radius 3 is 1.89 bits per heavy atom. The number of fused-ring (bicyclic) bond motifs is 9. The van der Waals surface area contributed by atoms with E-state index in [1.807, 2.05) is 17.5 Å². The highest BCUT2D eigenvalue weighted by Crippen LogP contribution is 2.39. The van der Waals surface area contributed by atoms with Gasteiger partial charge >= 0.3 is 0 Å². The Morgan fingerprint density at radius 1 is 0.514 bits per heavy atom. The van der Waals surface area contributed by atoms with Crippen molar-refractivity contribution in [2.24, 2.45) is 0 Å².